The van der Waals surface area contributed by atoms with Gasteiger partial charge in [-0.15, -0.1) is 11.3 Å². The molecule has 1 amide bonds. The van der Waals surface area contributed by atoms with E-state index in [4.69, 9.17) is 11.6 Å². The van der Waals surface area contributed by atoms with Crippen LogP contribution in [0.5, 0.6) is 0 Å². The van der Waals surface area contributed by atoms with Gasteiger partial charge >= 0.3 is 0 Å². The van der Waals surface area contributed by atoms with Crippen molar-refractivity contribution in [3.8, 4) is 0 Å². The molecule has 1 aromatic heterocycles. The molecule has 1 heterocycles. The van der Waals surface area contributed by atoms with Crippen molar-refractivity contribution in [1.29, 1.82) is 0 Å². The molecule has 0 unspecified atom stereocenters. The third kappa shape index (κ3) is 3.78. The summed E-state index contributed by atoms with van der Waals surface area (Å²) < 4.78 is 14.0. The second kappa shape index (κ2) is 6.52. The van der Waals surface area contributed by atoms with E-state index in [-0.39, 0.29) is 17.5 Å². The Hall–Kier alpha value is -2.18. The molecule has 0 aliphatic carbocycles. The molecular formula is C16H13ClFN3OS. The number of nitrogens with one attached hydrogen (secondary N) is 2. The zero-order chi connectivity index (χ0) is 16.4. The van der Waals surface area contributed by atoms with Crippen molar-refractivity contribution in [2.45, 2.75) is 6.92 Å². The fourth-order valence-corrected chi connectivity index (χ4v) is 3.20. The predicted octanol–water partition coefficient (Wildman–Crippen LogP) is 4.45. The Morgan fingerprint density at radius 3 is 2.91 bits per heavy atom. The molecule has 0 aliphatic rings. The Bertz CT molecular complexity index is 881. The summed E-state index contributed by atoms with van der Waals surface area (Å²) in [5.74, 6) is -0.710. The third-order valence-corrected chi connectivity index (χ3v) is 4.40. The highest BCUT2D eigenvalue weighted by Gasteiger charge is 2.07. The molecule has 2 aromatic carbocycles. The zero-order valence-electron chi connectivity index (χ0n) is 12.2. The molecule has 118 valence electrons. The predicted molar refractivity (Wildman–Crippen MR) is 92.9 cm³/mol. The van der Waals surface area contributed by atoms with Crippen molar-refractivity contribution in [1.82, 2.24) is 4.98 Å². The molecule has 0 atom stereocenters. The van der Waals surface area contributed by atoms with E-state index in [1.54, 1.807) is 11.3 Å². The number of benzene rings is 2. The molecule has 0 bridgehead atoms. The van der Waals surface area contributed by atoms with E-state index in [0.717, 1.165) is 27.0 Å². The Labute approximate surface area is 141 Å². The number of carbonyl (C=O) groups is 1. The first kappa shape index (κ1) is 15.7. The van der Waals surface area contributed by atoms with Crippen LogP contribution in [0.15, 0.2) is 36.4 Å². The average molecular weight is 350 g/mol. The van der Waals surface area contributed by atoms with Crippen LogP contribution >= 0.6 is 22.9 Å². The second-order valence-electron chi connectivity index (χ2n) is 4.94. The number of amides is 1. The van der Waals surface area contributed by atoms with Gasteiger partial charge in [0.25, 0.3) is 0 Å². The standard InChI is InChI=1S/C16H13ClFN3OS/c1-9-20-14-5-3-11(7-15(14)23-9)19-8-16(22)21-13-4-2-10(18)6-12(13)17/h2-7,19H,8H2,1H3,(H,21,22). The maximum absolute atomic E-state index is 13.0. The number of anilines is 2. The van der Waals surface area contributed by atoms with Gasteiger partial charge in [-0.3, -0.25) is 4.79 Å². The molecule has 3 rings (SSSR count). The highest BCUT2D eigenvalue weighted by atomic mass is 35.5. The lowest BCUT2D eigenvalue weighted by molar-refractivity contribution is -0.114. The molecule has 0 radical (unpaired) electrons. The number of fused-ring (bicyclic) bond motifs is 1. The van der Waals surface area contributed by atoms with Gasteiger partial charge in [0, 0.05) is 5.69 Å². The van der Waals surface area contributed by atoms with Crippen LogP contribution in [0.25, 0.3) is 10.2 Å². The van der Waals surface area contributed by atoms with Crippen molar-refractivity contribution in [2.75, 3.05) is 17.2 Å². The summed E-state index contributed by atoms with van der Waals surface area (Å²) in [4.78, 5) is 16.3. The molecule has 0 spiro atoms. The topological polar surface area (TPSA) is 54.0 Å². The second-order valence-corrected chi connectivity index (χ2v) is 6.58. The first-order chi connectivity index (χ1) is 11.0. The summed E-state index contributed by atoms with van der Waals surface area (Å²) in [5, 5.41) is 6.85. The summed E-state index contributed by atoms with van der Waals surface area (Å²) in [6, 6.07) is 9.58. The van der Waals surface area contributed by atoms with Gasteiger partial charge in [0.1, 0.15) is 5.82 Å². The summed E-state index contributed by atoms with van der Waals surface area (Å²) in [5.41, 5.74) is 2.16. The zero-order valence-corrected chi connectivity index (χ0v) is 13.8. The smallest absolute Gasteiger partial charge is 0.243 e. The van der Waals surface area contributed by atoms with E-state index >= 15 is 0 Å². The minimum atomic E-state index is -0.445. The monoisotopic (exact) mass is 349 g/mol. The third-order valence-electron chi connectivity index (χ3n) is 3.15. The van der Waals surface area contributed by atoms with E-state index in [2.05, 4.69) is 15.6 Å². The van der Waals surface area contributed by atoms with Crippen LogP contribution < -0.4 is 10.6 Å². The Morgan fingerprint density at radius 2 is 2.13 bits per heavy atom. The van der Waals surface area contributed by atoms with E-state index in [1.807, 2.05) is 25.1 Å². The van der Waals surface area contributed by atoms with E-state index in [1.165, 1.54) is 12.1 Å². The maximum atomic E-state index is 13.0. The Balaban J connectivity index is 1.63. The SMILES string of the molecule is Cc1nc2ccc(NCC(=O)Nc3ccc(F)cc3Cl)cc2s1. The van der Waals surface area contributed by atoms with Crippen LogP contribution in [0, 0.1) is 12.7 Å². The fraction of sp³-hybridized carbons (Fsp3) is 0.125. The van der Waals surface area contributed by atoms with E-state index < -0.39 is 5.82 Å². The molecule has 3 aromatic rings. The first-order valence-corrected chi connectivity index (χ1v) is 8.07. The molecule has 7 heteroatoms. The van der Waals surface area contributed by atoms with Gasteiger partial charge in [-0.25, -0.2) is 9.37 Å². The molecule has 23 heavy (non-hydrogen) atoms. The van der Waals surface area contributed by atoms with Crippen molar-refractivity contribution in [2.24, 2.45) is 0 Å². The number of rotatable bonds is 4. The number of carbonyl (C=O) groups excluding carboxylic acids is 1. The van der Waals surface area contributed by atoms with Gasteiger partial charge in [-0.2, -0.15) is 0 Å². The molecule has 0 saturated heterocycles. The Morgan fingerprint density at radius 1 is 1.30 bits per heavy atom. The number of hydrogen-bond acceptors (Lipinski definition) is 4. The Kier molecular flexibility index (Phi) is 4.45. The van der Waals surface area contributed by atoms with Crippen molar-refractivity contribution in [3.63, 3.8) is 0 Å². The van der Waals surface area contributed by atoms with Crippen molar-refractivity contribution < 1.29 is 9.18 Å². The minimum absolute atomic E-state index is 0.0804. The number of hydrogen-bond donors (Lipinski definition) is 2. The van der Waals surface area contributed by atoms with Gasteiger partial charge < -0.3 is 10.6 Å². The van der Waals surface area contributed by atoms with Crippen LogP contribution in [0.4, 0.5) is 15.8 Å². The first-order valence-electron chi connectivity index (χ1n) is 6.87. The lowest BCUT2D eigenvalue weighted by atomic mass is 10.3. The number of halogens is 2. The van der Waals surface area contributed by atoms with Gasteiger partial charge in [0.2, 0.25) is 5.91 Å². The molecule has 2 N–H and O–H groups in total. The quantitative estimate of drug-likeness (QED) is 0.731. The largest absolute Gasteiger partial charge is 0.376 e. The number of aryl methyl sites for hydroxylation is 1. The lowest BCUT2D eigenvalue weighted by Crippen LogP contribution is -2.21. The summed E-state index contributed by atoms with van der Waals surface area (Å²) >= 11 is 7.48. The van der Waals surface area contributed by atoms with Crippen LogP contribution in [0.3, 0.4) is 0 Å². The lowest BCUT2D eigenvalue weighted by Gasteiger charge is -2.09. The van der Waals surface area contributed by atoms with Crippen LogP contribution in [0.1, 0.15) is 5.01 Å². The average Bonchev–Trinajstić information content (AvgIpc) is 2.87. The number of nitrogens with zero attached hydrogens (tertiary/aromatic N) is 1. The normalized spacial score (nSPS) is 10.7. The minimum Gasteiger partial charge on any atom is -0.376 e. The fourth-order valence-electron chi connectivity index (χ4n) is 2.12. The number of aromatic nitrogens is 1. The van der Waals surface area contributed by atoms with E-state index in [9.17, 15) is 9.18 Å². The van der Waals surface area contributed by atoms with Gasteiger partial charge in [-0.1, -0.05) is 11.6 Å². The highest BCUT2D eigenvalue weighted by Crippen LogP contribution is 2.25. The molecule has 0 fully saturated rings. The summed E-state index contributed by atoms with van der Waals surface area (Å²) in [6.07, 6.45) is 0. The summed E-state index contributed by atoms with van der Waals surface area (Å²) in [7, 11) is 0. The summed E-state index contributed by atoms with van der Waals surface area (Å²) in [6.45, 7) is 2.04. The van der Waals surface area contributed by atoms with Crippen LogP contribution in [-0.2, 0) is 4.79 Å². The van der Waals surface area contributed by atoms with Crippen molar-refractivity contribution in [3.05, 3.63) is 52.2 Å². The highest BCUT2D eigenvalue weighted by molar-refractivity contribution is 7.18. The molecule has 0 aliphatic heterocycles. The van der Waals surface area contributed by atoms with Crippen LogP contribution in [-0.4, -0.2) is 17.4 Å². The van der Waals surface area contributed by atoms with Gasteiger partial charge in [-0.05, 0) is 43.3 Å². The molecular weight excluding hydrogens is 337 g/mol. The maximum Gasteiger partial charge on any atom is 0.243 e. The van der Waals surface area contributed by atoms with Gasteiger partial charge in [0.05, 0.1) is 32.5 Å². The van der Waals surface area contributed by atoms with Crippen molar-refractivity contribution >= 4 is 50.4 Å². The van der Waals surface area contributed by atoms with Gasteiger partial charge in [0.15, 0.2) is 0 Å². The number of thiazole rings is 1. The molecule has 0 saturated carbocycles. The van der Waals surface area contributed by atoms with E-state index in [0.29, 0.717) is 5.69 Å². The molecule has 4 nitrogen and oxygen atoms in total. The van der Waals surface area contributed by atoms with Crippen LogP contribution in [0.2, 0.25) is 5.02 Å².